The van der Waals surface area contributed by atoms with E-state index in [9.17, 15) is 4.21 Å². The minimum Gasteiger partial charge on any atom is -0.257 e. The fourth-order valence-electron chi connectivity index (χ4n) is 2.79. The molecule has 1 fully saturated rings. The third-order valence-corrected chi connectivity index (χ3v) is 8.36. The molecule has 1 unspecified atom stereocenters. The van der Waals surface area contributed by atoms with Gasteiger partial charge in [-0.3, -0.25) is 4.21 Å². The molecule has 0 saturated carbocycles. The van der Waals surface area contributed by atoms with Gasteiger partial charge in [0.05, 0.1) is 0 Å². The molecule has 0 spiro atoms. The van der Waals surface area contributed by atoms with E-state index in [-0.39, 0.29) is 20.7 Å². The van der Waals surface area contributed by atoms with Crippen molar-refractivity contribution in [3.63, 3.8) is 0 Å². The molecule has 0 N–H and O–H groups in total. The summed E-state index contributed by atoms with van der Waals surface area (Å²) >= 11 is 14.2. The summed E-state index contributed by atoms with van der Waals surface area (Å²) in [7, 11) is -0.999. The SMILES string of the molecule is CC(C)(C)C1=C(C(C)(C)C)[C@@H]2SC(Cl)(Cl)[C@H]1S2=O. The second kappa shape index (κ2) is 4.16. The molecule has 0 amide bonds. The molecule has 104 valence electrons. The van der Waals surface area contributed by atoms with Crippen molar-refractivity contribution < 1.29 is 4.21 Å². The summed E-state index contributed by atoms with van der Waals surface area (Å²) in [5.41, 5.74) is 2.46. The van der Waals surface area contributed by atoms with Gasteiger partial charge in [0.2, 0.25) is 0 Å². The van der Waals surface area contributed by atoms with Crippen molar-refractivity contribution in [3.05, 3.63) is 11.1 Å². The van der Waals surface area contributed by atoms with Gasteiger partial charge >= 0.3 is 0 Å². The molecule has 2 heterocycles. The van der Waals surface area contributed by atoms with Crippen LogP contribution in [0.4, 0.5) is 0 Å². The Balaban J connectivity index is 2.67. The first kappa shape index (κ1) is 15.2. The highest BCUT2D eigenvalue weighted by Gasteiger charge is 2.63. The van der Waals surface area contributed by atoms with Crippen LogP contribution in [0.25, 0.3) is 0 Å². The maximum atomic E-state index is 12.6. The van der Waals surface area contributed by atoms with Gasteiger partial charge in [0.25, 0.3) is 0 Å². The van der Waals surface area contributed by atoms with Crippen LogP contribution in [0.15, 0.2) is 11.1 Å². The first-order valence-corrected chi connectivity index (χ1v) is 8.98. The fourth-order valence-corrected chi connectivity index (χ4v) is 9.08. The molecule has 0 aliphatic carbocycles. The second-order valence-electron chi connectivity index (χ2n) is 7.05. The molecule has 1 nitrogen and oxygen atoms in total. The van der Waals surface area contributed by atoms with Crippen LogP contribution in [0.3, 0.4) is 0 Å². The predicted molar refractivity (Wildman–Crippen MR) is 83.7 cm³/mol. The second-order valence-corrected chi connectivity index (χ2v) is 12.1. The Bertz CT molecular complexity index is 441. The zero-order valence-electron chi connectivity index (χ0n) is 11.6. The summed E-state index contributed by atoms with van der Waals surface area (Å²) in [6, 6.07) is 0. The van der Waals surface area contributed by atoms with Crippen molar-refractivity contribution >= 4 is 45.8 Å². The van der Waals surface area contributed by atoms with Gasteiger partial charge in [-0.05, 0) is 22.0 Å². The minimum absolute atomic E-state index is 0.00890. The van der Waals surface area contributed by atoms with Crippen LogP contribution < -0.4 is 0 Å². The third-order valence-electron chi connectivity index (χ3n) is 3.42. The number of hydrogen-bond acceptors (Lipinski definition) is 2. The molecule has 3 atom stereocenters. The molecule has 5 heteroatoms. The van der Waals surface area contributed by atoms with E-state index in [2.05, 4.69) is 41.5 Å². The molecular weight excluding hydrogens is 307 g/mol. The van der Waals surface area contributed by atoms with Crippen LogP contribution in [0, 0.1) is 10.8 Å². The summed E-state index contributed by atoms with van der Waals surface area (Å²) < 4.78 is 11.6. The first-order valence-electron chi connectivity index (χ1n) is 6.07. The highest BCUT2D eigenvalue weighted by molar-refractivity contribution is 8.18. The van der Waals surface area contributed by atoms with E-state index in [1.165, 1.54) is 22.9 Å². The average molecular weight is 327 g/mol. The zero-order chi connectivity index (χ0) is 14.1. The van der Waals surface area contributed by atoms with Gasteiger partial charge in [-0.15, -0.1) is 0 Å². The van der Waals surface area contributed by atoms with Crippen molar-refractivity contribution in [1.29, 1.82) is 0 Å². The van der Waals surface area contributed by atoms with Crippen molar-refractivity contribution in [2.75, 3.05) is 0 Å². The van der Waals surface area contributed by atoms with Crippen molar-refractivity contribution in [3.8, 4) is 0 Å². The number of halogens is 2. The van der Waals surface area contributed by atoms with Crippen LogP contribution in [0.2, 0.25) is 0 Å². The molecule has 2 bridgehead atoms. The maximum absolute atomic E-state index is 12.6. The minimum atomic E-state index is -0.999. The predicted octanol–water partition coefficient (Wildman–Crippen LogP) is 4.71. The fraction of sp³-hybridized carbons (Fsp3) is 0.846. The summed E-state index contributed by atoms with van der Waals surface area (Å²) in [5.74, 6) is 0. The Morgan fingerprint density at radius 3 is 1.89 bits per heavy atom. The summed E-state index contributed by atoms with van der Waals surface area (Å²) in [5, 5.41) is -0.231. The highest BCUT2D eigenvalue weighted by atomic mass is 35.5. The molecule has 0 aromatic rings. The quantitative estimate of drug-likeness (QED) is 0.473. The van der Waals surface area contributed by atoms with Gasteiger partial charge in [0.15, 0.2) is 3.67 Å². The largest absolute Gasteiger partial charge is 0.257 e. The Morgan fingerprint density at radius 1 is 1.06 bits per heavy atom. The van der Waals surface area contributed by atoms with E-state index in [0.29, 0.717) is 0 Å². The van der Waals surface area contributed by atoms with E-state index in [1.54, 1.807) is 0 Å². The smallest absolute Gasteiger partial charge is 0.182 e. The molecule has 0 aromatic carbocycles. The molecule has 2 rings (SSSR count). The summed E-state index contributed by atoms with van der Waals surface area (Å²) in [4.78, 5) is 0. The monoisotopic (exact) mass is 326 g/mol. The third kappa shape index (κ3) is 2.19. The van der Waals surface area contributed by atoms with Crippen molar-refractivity contribution in [1.82, 2.24) is 0 Å². The first-order chi connectivity index (χ1) is 7.87. The number of thioether (sulfide) groups is 1. The summed E-state index contributed by atoms with van der Waals surface area (Å²) in [6.07, 6.45) is 0. The Kier molecular flexibility index (Phi) is 3.51. The molecule has 2 aliphatic heterocycles. The average Bonchev–Trinajstić information content (AvgIpc) is 2.48. The molecular formula is C13H20Cl2OS2. The van der Waals surface area contributed by atoms with Gasteiger partial charge in [0.1, 0.15) is 9.83 Å². The number of rotatable bonds is 0. The van der Waals surface area contributed by atoms with Gasteiger partial charge in [-0.1, -0.05) is 76.5 Å². The lowest BCUT2D eigenvalue weighted by Gasteiger charge is -2.38. The molecule has 18 heavy (non-hydrogen) atoms. The number of hydrogen-bond donors (Lipinski definition) is 0. The van der Waals surface area contributed by atoms with Crippen LogP contribution in [-0.2, 0) is 10.8 Å². The van der Waals surface area contributed by atoms with Gasteiger partial charge in [0, 0.05) is 10.8 Å². The van der Waals surface area contributed by atoms with Crippen LogP contribution >= 0.6 is 35.0 Å². The van der Waals surface area contributed by atoms with Crippen LogP contribution in [0.1, 0.15) is 41.5 Å². The summed E-state index contributed by atoms with van der Waals surface area (Å²) in [6.45, 7) is 13.0. The van der Waals surface area contributed by atoms with E-state index < -0.39 is 14.5 Å². The molecule has 1 saturated heterocycles. The van der Waals surface area contributed by atoms with E-state index >= 15 is 0 Å². The van der Waals surface area contributed by atoms with Crippen molar-refractivity contribution in [2.24, 2.45) is 10.8 Å². The number of fused-ring (bicyclic) bond motifs is 2. The van der Waals surface area contributed by atoms with Crippen molar-refractivity contribution in [2.45, 2.75) is 55.0 Å². The topological polar surface area (TPSA) is 17.1 Å². The lowest BCUT2D eigenvalue weighted by Crippen LogP contribution is -2.35. The van der Waals surface area contributed by atoms with E-state index in [4.69, 9.17) is 23.2 Å². The van der Waals surface area contributed by atoms with E-state index in [1.807, 2.05) is 0 Å². The zero-order valence-corrected chi connectivity index (χ0v) is 14.8. The maximum Gasteiger partial charge on any atom is 0.182 e. The van der Waals surface area contributed by atoms with Gasteiger partial charge in [-0.2, -0.15) is 0 Å². The van der Waals surface area contributed by atoms with Crippen LogP contribution in [-0.4, -0.2) is 17.7 Å². The molecule has 0 radical (unpaired) electrons. The van der Waals surface area contributed by atoms with Gasteiger partial charge in [-0.25, -0.2) is 0 Å². The van der Waals surface area contributed by atoms with Gasteiger partial charge < -0.3 is 0 Å². The molecule has 2 aliphatic rings. The van der Waals surface area contributed by atoms with Crippen LogP contribution in [0.5, 0.6) is 0 Å². The normalized spacial score (nSPS) is 35.4. The lowest BCUT2D eigenvalue weighted by atomic mass is 9.74. The Hall–Kier alpha value is 0.820. The molecule has 0 aromatic heterocycles. The van der Waals surface area contributed by atoms with E-state index in [0.717, 1.165) is 0 Å². The Morgan fingerprint density at radius 2 is 1.50 bits per heavy atom. The highest BCUT2D eigenvalue weighted by Crippen LogP contribution is 2.65. The Labute approximate surface area is 127 Å². The standard InChI is InChI=1S/C13H20Cl2OS2/c1-11(2,3)7-8(12(4,5)6)10-17-13(14,15)9(7)18(10)16/h9-10H,1-6H3/t9-,10+,18?/m0/s1. The lowest BCUT2D eigenvalue weighted by molar-refractivity contribution is 0.436. The number of alkyl halides is 2.